The molecule has 0 amide bonds. The molecule has 148 valence electrons. The quantitative estimate of drug-likeness (QED) is 0.499. The summed E-state index contributed by atoms with van der Waals surface area (Å²) in [6.45, 7) is 6.31. The number of aromatic nitrogens is 3. The van der Waals surface area contributed by atoms with Crippen molar-refractivity contribution in [3.05, 3.63) is 85.9 Å². The van der Waals surface area contributed by atoms with Gasteiger partial charge in [0.25, 0.3) is 5.56 Å². The van der Waals surface area contributed by atoms with Gasteiger partial charge in [-0.1, -0.05) is 18.2 Å². The lowest BCUT2D eigenvalue weighted by Gasteiger charge is -2.13. The van der Waals surface area contributed by atoms with Crippen LogP contribution in [0.25, 0.3) is 10.9 Å². The lowest BCUT2D eigenvalue weighted by Crippen LogP contribution is -2.17. The van der Waals surface area contributed by atoms with Crippen molar-refractivity contribution in [2.45, 2.75) is 33.4 Å². The van der Waals surface area contributed by atoms with E-state index in [9.17, 15) is 9.59 Å². The molecule has 29 heavy (non-hydrogen) atoms. The number of fused-ring (bicyclic) bond motifs is 1. The molecule has 0 unspecified atom stereocenters. The first-order chi connectivity index (χ1) is 13.9. The van der Waals surface area contributed by atoms with Gasteiger partial charge in [0.15, 0.2) is 11.9 Å². The van der Waals surface area contributed by atoms with Crippen LogP contribution in [-0.2, 0) is 11.3 Å². The van der Waals surface area contributed by atoms with E-state index in [1.165, 1.54) is 4.88 Å². The standard InChI is InChI=1S/C22H21N3O3S/c1-13-11-18(14(2)25(13)12-16-7-6-10-29-16)22(27)28-15(3)20-23-19-9-5-4-8-17(19)21(26)24-20/h4-11,15H,12H2,1-3H3,(H,23,24,26)/t15-/m1/s1. The third-order valence-corrected chi connectivity index (χ3v) is 5.85. The molecule has 1 N–H and O–H groups in total. The predicted octanol–water partition coefficient (Wildman–Crippen LogP) is 4.37. The summed E-state index contributed by atoms with van der Waals surface area (Å²) in [5.41, 5.74) is 2.70. The van der Waals surface area contributed by atoms with Gasteiger partial charge in [0.1, 0.15) is 0 Å². The van der Waals surface area contributed by atoms with Gasteiger partial charge < -0.3 is 14.3 Å². The monoisotopic (exact) mass is 407 g/mol. The first-order valence-electron chi connectivity index (χ1n) is 9.33. The van der Waals surface area contributed by atoms with Crippen LogP contribution in [0.2, 0.25) is 0 Å². The number of hydrogen-bond acceptors (Lipinski definition) is 5. The number of nitrogens with zero attached hydrogens (tertiary/aromatic N) is 2. The van der Waals surface area contributed by atoms with Crippen LogP contribution in [0.4, 0.5) is 0 Å². The number of benzene rings is 1. The number of aromatic amines is 1. The normalized spacial score (nSPS) is 12.2. The third kappa shape index (κ3) is 3.73. The van der Waals surface area contributed by atoms with Gasteiger partial charge in [-0.2, -0.15) is 0 Å². The third-order valence-electron chi connectivity index (χ3n) is 4.99. The maximum atomic E-state index is 12.8. The molecule has 3 aromatic heterocycles. The molecule has 0 aliphatic rings. The highest BCUT2D eigenvalue weighted by Crippen LogP contribution is 2.22. The Morgan fingerprint density at radius 2 is 2.03 bits per heavy atom. The first-order valence-corrected chi connectivity index (χ1v) is 10.2. The number of esters is 1. The average molecular weight is 407 g/mol. The van der Waals surface area contributed by atoms with Crippen LogP contribution in [0, 0.1) is 13.8 Å². The van der Waals surface area contributed by atoms with Crippen LogP contribution in [0.1, 0.15) is 45.5 Å². The second-order valence-electron chi connectivity index (χ2n) is 6.97. The van der Waals surface area contributed by atoms with Gasteiger partial charge in [0.2, 0.25) is 0 Å². The van der Waals surface area contributed by atoms with Gasteiger partial charge >= 0.3 is 5.97 Å². The molecule has 7 heteroatoms. The second-order valence-corrected chi connectivity index (χ2v) is 8.00. The molecule has 0 aliphatic carbocycles. The van der Waals surface area contributed by atoms with Crippen LogP contribution < -0.4 is 5.56 Å². The Hall–Kier alpha value is -3.19. The summed E-state index contributed by atoms with van der Waals surface area (Å²) in [5, 5.41) is 2.55. The molecule has 0 fully saturated rings. The Bertz CT molecular complexity index is 1240. The molecular formula is C22H21N3O3S. The number of aryl methyl sites for hydroxylation is 1. The Morgan fingerprint density at radius 3 is 2.79 bits per heavy atom. The highest BCUT2D eigenvalue weighted by Gasteiger charge is 2.21. The minimum Gasteiger partial charge on any atom is -0.451 e. The van der Waals surface area contributed by atoms with E-state index in [1.807, 2.05) is 37.4 Å². The van der Waals surface area contributed by atoms with E-state index in [0.717, 1.165) is 17.9 Å². The summed E-state index contributed by atoms with van der Waals surface area (Å²) in [4.78, 5) is 33.5. The highest BCUT2D eigenvalue weighted by molar-refractivity contribution is 7.09. The maximum Gasteiger partial charge on any atom is 0.340 e. The van der Waals surface area contributed by atoms with Crippen LogP contribution in [0.15, 0.2) is 52.6 Å². The fourth-order valence-corrected chi connectivity index (χ4v) is 4.08. The topological polar surface area (TPSA) is 77.0 Å². The zero-order valence-corrected chi connectivity index (χ0v) is 17.2. The molecule has 6 nitrogen and oxygen atoms in total. The predicted molar refractivity (Wildman–Crippen MR) is 114 cm³/mol. The van der Waals surface area contributed by atoms with Crippen molar-refractivity contribution < 1.29 is 9.53 Å². The molecule has 0 radical (unpaired) electrons. The van der Waals surface area contributed by atoms with Crippen molar-refractivity contribution in [2.75, 3.05) is 0 Å². The van der Waals surface area contributed by atoms with Gasteiger partial charge in [-0.3, -0.25) is 4.79 Å². The minimum atomic E-state index is -0.680. The molecule has 3 heterocycles. The van der Waals surface area contributed by atoms with E-state index >= 15 is 0 Å². The number of carbonyl (C=O) groups is 1. The van der Waals surface area contributed by atoms with E-state index in [4.69, 9.17) is 4.74 Å². The maximum absolute atomic E-state index is 12.8. The molecule has 4 aromatic rings. The number of ether oxygens (including phenoxy) is 1. The SMILES string of the molecule is Cc1cc(C(=O)O[C@H](C)c2nc3ccccc3c(=O)[nH]2)c(C)n1Cc1cccs1. The number of rotatable bonds is 5. The van der Waals surface area contributed by atoms with Crippen molar-refractivity contribution >= 4 is 28.2 Å². The van der Waals surface area contributed by atoms with Crippen molar-refractivity contribution in [1.82, 2.24) is 14.5 Å². The van der Waals surface area contributed by atoms with Gasteiger partial charge in [-0.15, -0.1) is 11.3 Å². The van der Waals surface area contributed by atoms with E-state index in [1.54, 1.807) is 36.5 Å². The van der Waals surface area contributed by atoms with Crippen LogP contribution in [-0.4, -0.2) is 20.5 Å². The fraction of sp³-hybridized carbons (Fsp3) is 0.227. The Kier molecular flexibility index (Phi) is 5.07. The summed E-state index contributed by atoms with van der Waals surface area (Å²) in [5.74, 6) is -0.103. The molecule has 0 aliphatic heterocycles. The molecular weight excluding hydrogens is 386 g/mol. The van der Waals surface area contributed by atoms with Crippen molar-refractivity contribution in [3.8, 4) is 0 Å². The Morgan fingerprint density at radius 1 is 1.24 bits per heavy atom. The number of thiophene rings is 1. The van der Waals surface area contributed by atoms with Crippen molar-refractivity contribution in [3.63, 3.8) is 0 Å². The van der Waals surface area contributed by atoms with Crippen LogP contribution in [0.5, 0.6) is 0 Å². The second kappa shape index (κ2) is 7.67. The number of nitrogens with one attached hydrogen (secondary N) is 1. The highest BCUT2D eigenvalue weighted by atomic mass is 32.1. The van der Waals surface area contributed by atoms with Crippen molar-refractivity contribution in [2.24, 2.45) is 0 Å². The van der Waals surface area contributed by atoms with E-state index in [2.05, 4.69) is 20.6 Å². The number of H-pyrrole nitrogens is 1. The van der Waals surface area contributed by atoms with Gasteiger partial charge in [-0.25, -0.2) is 9.78 Å². The lowest BCUT2D eigenvalue weighted by atomic mass is 10.2. The fourth-order valence-electron chi connectivity index (χ4n) is 3.39. The molecule has 1 atom stereocenters. The summed E-state index contributed by atoms with van der Waals surface area (Å²) in [6.07, 6.45) is -0.680. The minimum absolute atomic E-state index is 0.248. The summed E-state index contributed by atoms with van der Waals surface area (Å²) >= 11 is 1.68. The number of carbonyl (C=O) groups excluding carboxylic acids is 1. The van der Waals surface area contributed by atoms with E-state index < -0.39 is 12.1 Å². The van der Waals surface area contributed by atoms with Gasteiger partial charge in [-0.05, 0) is 50.4 Å². The summed E-state index contributed by atoms with van der Waals surface area (Å²) < 4.78 is 7.73. The Labute approximate surface area is 171 Å². The Balaban J connectivity index is 1.57. The molecule has 4 rings (SSSR count). The zero-order valence-electron chi connectivity index (χ0n) is 16.4. The average Bonchev–Trinajstić information content (AvgIpc) is 3.31. The largest absolute Gasteiger partial charge is 0.451 e. The van der Waals surface area contributed by atoms with Crippen LogP contribution >= 0.6 is 11.3 Å². The molecule has 0 spiro atoms. The molecule has 1 aromatic carbocycles. The van der Waals surface area contributed by atoms with E-state index in [0.29, 0.717) is 22.3 Å². The van der Waals surface area contributed by atoms with Gasteiger partial charge in [0.05, 0.1) is 23.0 Å². The first kappa shape index (κ1) is 19.1. The van der Waals surface area contributed by atoms with Gasteiger partial charge in [0, 0.05) is 16.3 Å². The molecule has 0 saturated carbocycles. The lowest BCUT2D eigenvalue weighted by molar-refractivity contribution is 0.0319. The number of hydrogen-bond donors (Lipinski definition) is 1. The van der Waals surface area contributed by atoms with Crippen molar-refractivity contribution in [1.29, 1.82) is 0 Å². The smallest absolute Gasteiger partial charge is 0.340 e. The summed E-state index contributed by atoms with van der Waals surface area (Å²) in [7, 11) is 0. The zero-order chi connectivity index (χ0) is 20.5. The number of para-hydroxylation sites is 1. The summed E-state index contributed by atoms with van der Waals surface area (Å²) in [6, 6.07) is 13.0. The molecule has 0 bridgehead atoms. The molecule has 0 saturated heterocycles. The van der Waals surface area contributed by atoms with E-state index in [-0.39, 0.29) is 5.56 Å². The van der Waals surface area contributed by atoms with Crippen LogP contribution in [0.3, 0.4) is 0 Å².